The fraction of sp³-hybridized carbons (Fsp3) is 0.364. The SMILES string of the molecule is CCOC(=O)C(F)(F)c1ccc(N)c(C)c1. The Morgan fingerprint density at radius 1 is 1.50 bits per heavy atom. The van der Waals surface area contributed by atoms with E-state index in [1.54, 1.807) is 6.92 Å². The van der Waals surface area contributed by atoms with Crippen LogP contribution in [0.25, 0.3) is 0 Å². The van der Waals surface area contributed by atoms with E-state index in [1.807, 2.05) is 0 Å². The van der Waals surface area contributed by atoms with Gasteiger partial charge in [-0.05, 0) is 31.5 Å². The Hall–Kier alpha value is -1.65. The van der Waals surface area contributed by atoms with E-state index in [2.05, 4.69) is 4.74 Å². The first kappa shape index (κ1) is 12.4. The predicted molar refractivity (Wildman–Crippen MR) is 56.1 cm³/mol. The van der Waals surface area contributed by atoms with Crippen LogP contribution in [0.1, 0.15) is 18.1 Å². The maximum Gasteiger partial charge on any atom is 0.381 e. The molecule has 0 amide bonds. The summed E-state index contributed by atoms with van der Waals surface area (Å²) in [6.45, 7) is 2.99. The molecule has 1 rings (SSSR count). The van der Waals surface area contributed by atoms with Gasteiger partial charge in [-0.3, -0.25) is 0 Å². The summed E-state index contributed by atoms with van der Waals surface area (Å²) in [6, 6.07) is 3.66. The molecular formula is C11H13F2NO2. The van der Waals surface area contributed by atoms with Gasteiger partial charge in [0.2, 0.25) is 0 Å². The summed E-state index contributed by atoms with van der Waals surface area (Å²) < 4.78 is 31.4. The van der Waals surface area contributed by atoms with Gasteiger partial charge in [0.1, 0.15) is 0 Å². The Morgan fingerprint density at radius 2 is 2.12 bits per heavy atom. The van der Waals surface area contributed by atoms with Crippen LogP contribution in [-0.2, 0) is 15.5 Å². The minimum Gasteiger partial charge on any atom is -0.461 e. The lowest BCUT2D eigenvalue weighted by Gasteiger charge is -2.15. The van der Waals surface area contributed by atoms with Crippen molar-refractivity contribution in [2.24, 2.45) is 0 Å². The Kier molecular flexibility index (Phi) is 3.47. The van der Waals surface area contributed by atoms with Gasteiger partial charge in [0.05, 0.1) is 6.61 Å². The molecule has 0 saturated heterocycles. The third-order valence-electron chi connectivity index (χ3n) is 2.16. The number of anilines is 1. The van der Waals surface area contributed by atoms with Crippen molar-refractivity contribution in [3.05, 3.63) is 29.3 Å². The summed E-state index contributed by atoms with van der Waals surface area (Å²) in [5.41, 5.74) is 6.01. The van der Waals surface area contributed by atoms with Gasteiger partial charge in [0.15, 0.2) is 0 Å². The number of nitrogen functional groups attached to an aromatic ring is 1. The van der Waals surface area contributed by atoms with E-state index in [0.29, 0.717) is 11.3 Å². The van der Waals surface area contributed by atoms with Crippen molar-refractivity contribution < 1.29 is 18.3 Å². The predicted octanol–water partition coefficient (Wildman–Crippen LogP) is 2.23. The summed E-state index contributed by atoms with van der Waals surface area (Å²) in [5, 5.41) is 0. The zero-order chi connectivity index (χ0) is 12.3. The topological polar surface area (TPSA) is 52.3 Å². The number of ether oxygens (including phenoxy) is 1. The van der Waals surface area contributed by atoms with Crippen LogP contribution in [0.3, 0.4) is 0 Å². The molecule has 0 aromatic heterocycles. The van der Waals surface area contributed by atoms with Gasteiger partial charge in [-0.25, -0.2) is 4.79 Å². The van der Waals surface area contributed by atoms with E-state index in [1.165, 1.54) is 19.1 Å². The second-order valence-electron chi connectivity index (χ2n) is 3.37. The lowest BCUT2D eigenvalue weighted by atomic mass is 10.0. The third kappa shape index (κ3) is 2.29. The molecule has 0 aliphatic rings. The van der Waals surface area contributed by atoms with E-state index in [-0.39, 0.29) is 6.61 Å². The van der Waals surface area contributed by atoms with Gasteiger partial charge >= 0.3 is 11.9 Å². The summed E-state index contributed by atoms with van der Waals surface area (Å²) in [6.07, 6.45) is 0. The number of rotatable bonds is 3. The number of hydrogen-bond donors (Lipinski definition) is 1. The van der Waals surface area contributed by atoms with Crippen molar-refractivity contribution in [2.75, 3.05) is 12.3 Å². The number of halogens is 2. The van der Waals surface area contributed by atoms with Gasteiger partial charge in [-0.15, -0.1) is 0 Å². The number of carbonyl (C=O) groups excluding carboxylic acids is 1. The largest absolute Gasteiger partial charge is 0.461 e. The molecule has 1 aromatic rings. The standard InChI is InChI=1S/C11H13F2NO2/c1-3-16-10(15)11(12,13)8-4-5-9(14)7(2)6-8/h4-6H,3,14H2,1-2H3. The first-order chi connectivity index (χ1) is 7.39. The van der Waals surface area contributed by atoms with Crippen molar-refractivity contribution in [3.63, 3.8) is 0 Å². The molecule has 1 aromatic carbocycles. The molecule has 0 spiro atoms. The van der Waals surface area contributed by atoms with E-state index >= 15 is 0 Å². The summed E-state index contributed by atoms with van der Waals surface area (Å²) in [4.78, 5) is 11.1. The van der Waals surface area contributed by atoms with Crippen molar-refractivity contribution in [2.45, 2.75) is 19.8 Å². The minimum atomic E-state index is -3.63. The van der Waals surface area contributed by atoms with Gasteiger partial charge < -0.3 is 10.5 Å². The zero-order valence-electron chi connectivity index (χ0n) is 9.09. The lowest BCUT2D eigenvalue weighted by Crippen LogP contribution is -2.28. The second-order valence-corrected chi connectivity index (χ2v) is 3.37. The van der Waals surface area contributed by atoms with Crippen LogP contribution in [-0.4, -0.2) is 12.6 Å². The first-order valence-corrected chi connectivity index (χ1v) is 4.81. The highest BCUT2D eigenvalue weighted by Crippen LogP contribution is 2.31. The number of hydrogen-bond acceptors (Lipinski definition) is 3. The van der Waals surface area contributed by atoms with Crippen LogP contribution >= 0.6 is 0 Å². The Balaban J connectivity index is 3.06. The Labute approximate surface area is 92.2 Å². The second kappa shape index (κ2) is 4.47. The fourth-order valence-corrected chi connectivity index (χ4v) is 1.21. The van der Waals surface area contributed by atoms with Crippen LogP contribution < -0.4 is 5.73 Å². The lowest BCUT2D eigenvalue weighted by molar-refractivity contribution is -0.173. The van der Waals surface area contributed by atoms with Crippen molar-refractivity contribution >= 4 is 11.7 Å². The van der Waals surface area contributed by atoms with Gasteiger partial charge in [0, 0.05) is 11.3 Å². The smallest absolute Gasteiger partial charge is 0.381 e. The molecule has 88 valence electrons. The summed E-state index contributed by atoms with van der Waals surface area (Å²) in [5.74, 6) is -5.17. The molecule has 0 aliphatic carbocycles. The Morgan fingerprint density at radius 3 is 2.62 bits per heavy atom. The molecule has 2 N–H and O–H groups in total. The fourth-order valence-electron chi connectivity index (χ4n) is 1.21. The molecule has 0 atom stereocenters. The van der Waals surface area contributed by atoms with Crippen molar-refractivity contribution in [3.8, 4) is 0 Å². The molecular weight excluding hydrogens is 216 g/mol. The number of benzene rings is 1. The number of nitrogens with two attached hydrogens (primary N) is 1. The van der Waals surface area contributed by atoms with Crippen LogP contribution in [0, 0.1) is 6.92 Å². The van der Waals surface area contributed by atoms with Crippen LogP contribution in [0.15, 0.2) is 18.2 Å². The van der Waals surface area contributed by atoms with Crippen molar-refractivity contribution in [1.29, 1.82) is 0 Å². The van der Waals surface area contributed by atoms with Crippen LogP contribution in [0.5, 0.6) is 0 Å². The first-order valence-electron chi connectivity index (χ1n) is 4.81. The molecule has 3 nitrogen and oxygen atoms in total. The number of carbonyl (C=O) groups is 1. The van der Waals surface area contributed by atoms with Gasteiger partial charge in [0.25, 0.3) is 0 Å². The number of alkyl halides is 2. The van der Waals surface area contributed by atoms with Crippen molar-refractivity contribution in [1.82, 2.24) is 0 Å². The Bertz CT molecular complexity index is 405. The number of aryl methyl sites for hydroxylation is 1. The quantitative estimate of drug-likeness (QED) is 0.638. The minimum absolute atomic E-state index is 0.0810. The van der Waals surface area contributed by atoms with E-state index in [4.69, 9.17) is 5.73 Å². The molecule has 0 heterocycles. The molecule has 0 fully saturated rings. The monoisotopic (exact) mass is 229 g/mol. The van der Waals surface area contributed by atoms with Gasteiger partial charge in [-0.2, -0.15) is 8.78 Å². The van der Waals surface area contributed by atoms with E-state index in [0.717, 1.165) is 6.07 Å². The normalized spacial score (nSPS) is 11.2. The maximum absolute atomic E-state index is 13.5. The van der Waals surface area contributed by atoms with E-state index in [9.17, 15) is 13.6 Å². The summed E-state index contributed by atoms with van der Waals surface area (Å²) in [7, 11) is 0. The average Bonchev–Trinajstić information content (AvgIpc) is 2.22. The highest BCUT2D eigenvalue weighted by atomic mass is 19.3. The molecule has 0 aliphatic heterocycles. The molecule has 0 bridgehead atoms. The van der Waals surface area contributed by atoms with Gasteiger partial charge in [-0.1, -0.05) is 6.07 Å². The summed E-state index contributed by atoms with van der Waals surface area (Å²) >= 11 is 0. The molecule has 0 saturated carbocycles. The molecule has 16 heavy (non-hydrogen) atoms. The highest BCUT2D eigenvalue weighted by Gasteiger charge is 2.42. The third-order valence-corrected chi connectivity index (χ3v) is 2.16. The highest BCUT2D eigenvalue weighted by molar-refractivity contribution is 5.79. The maximum atomic E-state index is 13.5. The zero-order valence-corrected chi connectivity index (χ0v) is 9.09. The molecule has 0 radical (unpaired) electrons. The number of esters is 1. The molecule has 5 heteroatoms. The average molecular weight is 229 g/mol. The van der Waals surface area contributed by atoms with E-state index < -0.39 is 17.5 Å². The molecule has 0 unspecified atom stereocenters. The van der Waals surface area contributed by atoms with Crippen LogP contribution in [0.4, 0.5) is 14.5 Å². The van der Waals surface area contributed by atoms with Crippen LogP contribution in [0.2, 0.25) is 0 Å².